The molecule has 0 spiro atoms. The highest BCUT2D eigenvalue weighted by molar-refractivity contribution is 6.42. The molecule has 0 saturated heterocycles. The summed E-state index contributed by atoms with van der Waals surface area (Å²) in [4.78, 5) is 0. The van der Waals surface area contributed by atoms with Crippen molar-refractivity contribution in [1.82, 2.24) is 20.2 Å². The molecule has 1 heterocycles. The summed E-state index contributed by atoms with van der Waals surface area (Å²) in [6.07, 6.45) is 0.935. The van der Waals surface area contributed by atoms with Crippen molar-refractivity contribution >= 4 is 40.8 Å². The van der Waals surface area contributed by atoms with E-state index in [1.165, 1.54) is 0 Å². The van der Waals surface area contributed by atoms with Gasteiger partial charge in [0.1, 0.15) is 6.61 Å². The first-order valence-corrected chi connectivity index (χ1v) is 10.1. The van der Waals surface area contributed by atoms with Crippen LogP contribution in [0.1, 0.15) is 24.5 Å². The molecule has 0 atom stereocenters. The van der Waals surface area contributed by atoms with Gasteiger partial charge >= 0.3 is 0 Å². The topological polar surface area (TPSA) is 74.1 Å². The second-order valence-corrected chi connectivity index (χ2v) is 7.45. The normalized spacial score (nSPS) is 10.8. The molecule has 2 aromatic carbocycles. The van der Waals surface area contributed by atoms with Gasteiger partial charge in [-0.25, -0.2) is 4.68 Å². The van der Waals surface area contributed by atoms with E-state index in [9.17, 15) is 0 Å². The summed E-state index contributed by atoms with van der Waals surface area (Å²) in [5.74, 6) is 1.59. The van der Waals surface area contributed by atoms with Gasteiger partial charge in [-0.3, -0.25) is 0 Å². The van der Waals surface area contributed by atoms with Crippen molar-refractivity contribution in [3.8, 4) is 11.5 Å². The number of nitrogens with one attached hydrogen (secondary N) is 1. The van der Waals surface area contributed by atoms with Gasteiger partial charge in [-0.2, -0.15) is 0 Å². The third-order valence-corrected chi connectivity index (χ3v) is 5.09. The van der Waals surface area contributed by atoms with E-state index in [0.717, 1.165) is 24.1 Å². The van der Waals surface area contributed by atoms with E-state index in [2.05, 4.69) is 27.8 Å². The van der Waals surface area contributed by atoms with Gasteiger partial charge in [0.2, 0.25) is 5.95 Å². The summed E-state index contributed by atoms with van der Waals surface area (Å²) < 4.78 is 13.1. The van der Waals surface area contributed by atoms with Crippen molar-refractivity contribution in [2.45, 2.75) is 33.0 Å². The molecule has 29 heavy (non-hydrogen) atoms. The van der Waals surface area contributed by atoms with E-state index in [4.69, 9.17) is 44.3 Å². The smallest absolute Gasteiger partial charge is 0.243 e. The predicted octanol–water partition coefficient (Wildman–Crippen LogP) is 5.24. The minimum absolute atomic E-state index is 0.274. The van der Waals surface area contributed by atoms with E-state index in [-0.39, 0.29) is 6.61 Å². The predicted molar refractivity (Wildman–Crippen MR) is 114 cm³/mol. The Morgan fingerprint density at radius 3 is 2.55 bits per heavy atom. The van der Waals surface area contributed by atoms with Gasteiger partial charge in [0.05, 0.1) is 22.2 Å². The molecule has 0 bridgehead atoms. The lowest BCUT2D eigenvalue weighted by Crippen LogP contribution is -2.09. The van der Waals surface area contributed by atoms with Gasteiger partial charge in [-0.1, -0.05) is 52.9 Å². The molecule has 0 aliphatic carbocycles. The van der Waals surface area contributed by atoms with Crippen LogP contribution >= 0.6 is 34.8 Å². The SMILES string of the molecule is CCCn1nnnc1NCc1cc(Cl)c(OCc2ccc(Cl)c(Cl)c2)c(OC)c1. The number of aromatic nitrogens is 4. The molecule has 10 heteroatoms. The first kappa shape index (κ1) is 21.5. The average Bonchev–Trinajstić information content (AvgIpc) is 3.15. The monoisotopic (exact) mass is 455 g/mol. The number of nitrogens with zero attached hydrogens (tertiary/aromatic N) is 4. The number of hydrogen-bond acceptors (Lipinski definition) is 6. The molecule has 0 saturated carbocycles. The minimum Gasteiger partial charge on any atom is -0.493 e. The van der Waals surface area contributed by atoms with Crippen LogP contribution in [0, 0.1) is 0 Å². The molecule has 0 aliphatic rings. The third-order valence-electron chi connectivity index (χ3n) is 4.07. The zero-order chi connectivity index (χ0) is 20.8. The van der Waals surface area contributed by atoms with Crippen LogP contribution in [0.25, 0.3) is 0 Å². The van der Waals surface area contributed by atoms with Crippen molar-refractivity contribution in [1.29, 1.82) is 0 Å². The molecular weight excluding hydrogens is 437 g/mol. The summed E-state index contributed by atoms with van der Waals surface area (Å²) in [5, 5.41) is 16.2. The third kappa shape index (κ3) is 5.44. The molecule has 0 radical (unpaired) electrons. The number of tetrazole rings is 1. The van der Waals surface area contributed by atoms with Gasteiger partial charge < -0.3 is 14.8 Å². The average molecular weight is 457 g/mol. The molecule has 7 nitrogen and oxygen atoms in total. The Bertz CT molecular complexity index is 980. The van der Waals surface area contributed by atoms with Crippen LogP contribution in [0.2, 0.25) is 15.1 Å². The summed E-state index contributed by atoms with van der Waals surface area (Å²) in [6.45, 7) is 3.55. The molecule has 0 aliphatic heterocycles. The molecular formula is C19H20Cl3N5O2. The molecule has 1 aromatic heterocycles. The van der Waals surface area contributed by atoms with E-state index in [0.29, 0.717) is 39.1 Å². The maximum Gasteiger partial charge on any atom is 0.243 e. The minimum atomic E-state index is 0.274. The number of halogens is 3. The van der Waals surface area contributed by atoms with Gasteiger partial charge in [0.15, 0.2) is 11.5 Å². The first-order valence-electron chi connectivity index (χ1n) is 8.95. The van der Waals surface area contributed by atoms with Crippen LogP contribution < -0.4 is 14.8 Å². The Morgan fingerprint density at radius 2 is 1.83 bits per heavy atom. The summed E-state index contributed by atoms with van der Waals surface area (Å²) in [6, 6.07) is 8.99. The standard InChI is InChI=1S/C19H20Cl3N5O2/c1-3-6-27-19(24-25-26-27)23-10-13-8-16(22)18(17(9-13)28-2)29-11-12-4-5-14(20)15(21)7-12/h4-5,7-9H,3,6,10-11H2,1-2H3,(H,23,24,26). The second kappa shape index (κ2) is 10.0. The Hall–Kier alpha value is -2.22. The highest BCUT2D eigenvalue weighted by Gasteiger charge is 2.14. The number of ether oxygens (including phenoxy) is 2. The van der Waals surface area contributed by atoms with Crippen LogP contribution in [0.4, 0.5) is 5.95 Å². The van der Waals surface area contributed by atoms with Crippen LogP contribution in [0.15, 0.2) is 30.3 Å². The number of hydrogen-bond donors (Lipinski definition) is 1. The summed E-state index contributed by atoms with van der Waals surface area (Å²) in [7, 11) is 1.57. The zero-order valence-corrected chi connectivity index (χ0v) is 18.2. The van der Waals surface area contributed by atoms with E-state index < -0.39 is 0 Å². The van der Waals surface area contributed by atoms with Gasteiger partial charge in [-0.05, 0) is 52.2 Å². The molecule has 0 unspecified atom stereocenters. The number of anilines is 1. The van der Waals surface area contributed by atoms with Gasteiger partial charge in [0.25, 0.3) is 0 Å². The van der Waals surface area contributed by atoms with Crippen molar-refractivity contribution < 1.29 is 9.47 Å². The van der Waals surface area contributed by atoms with E-state index in [1.807, 2.05) is 18.2 Å². The fraction of sp³-hybridized carbons (Fsp3) is 0.316. The van der Waals surface area contributed by atoms with Crippen LogP contribution in [-0.2, 0) is 19.7 Å². The molecule has 1 N–H and O–H groups in total. The van der Waals surface area contributed by atoms with Crippen LogP contribution in [-0.4, -0.2) is 27.3 Å². The molecule has 0 amide bonds. The number of benzene rings is 2. The first-order chi connectivity index (χ1) is 14.0. The van der Waals surface area contributed by atoms with Gasteiger partial charge in [-0.15, -0.1) is 0 Å². The molecule has 3 rings (SSSR count). The Balaban J connectivity index is 1.71. The fourth-order valence-corrected chi connectivity index (χ4v) is 3.28. The lowest BCUT2D eigenvalue weighted by atomic mass is 10.2. The lowest BCUT2D eigenvalue weighted by molar-refractivity contribution is 0.284. The maximum absolute atomic E-state index is 6.45. The summed E-state index contributed by atoms with van der Waals surface area (Å²) in [5.41, 5.74) is 1.77. The Morgan fingerprint density at radius 1 is 1.03 bits per heavy atom. The van der Waals surface area contributed by atoms with Crippen molar-refractivity contribution in [3.05, 3.63) is 56.5 Å². The van der Waals surface area contributed by atoms with Gasteiger partial charge in [0, 0.05) is 13.1 Å². The highest BCUT2D eigenvalue weighted by atomic mass is 35.5. The van der Waals surface area contributed by atoms with Crippen molar-refractivity contribution in [2.75, 3.05) is 12.4 Å². The molecule has 154 valence electrons. The van der Waals surface area contributed by atoms with E-state index >= 15 is 0 Å². The zero-order valence-electron chi connectivity index (χ0n) is 16.0. The quantitative estimate of drug-likeness (QED) is 0.474. The largest absolute Gasteiger partial charge is 0.493 e. The Labute approximate surface area is 183 Å². The summed E-state index contributed by atoms with van der Waals surface area (Å²) >= 11 is 18.5. The van der Waals surface area contributed by atoms with Crippen LogP contribution in [0.3, 0.4) is 0 Å². The molecule has 0 fully saturated rings. The van der Waals surface area contributed by atoms with Crippen molar-refractivity contribution in [3.63, 3.8) is 0 Å². The second-order valence-electron chi connectivity index (χ2n) is 6.23. The van der Waals surface area contributed by atoms with E-state index in [1.54, 1.807) is 23.9 Å². The van der Waals surface area contributed by atoms with Crippen LogP contribution in [0.5, 0.6) is 11.5 Å². The highest BCUT2D eigenvalue weighted by Crippen LogP contribution is 2.37. The lowest BCUT2D eigenvalue weighted by Gasteiger charge is -2.15. The number of aryl methyl sites for hydroxylation is 1. The molecule has 3 aromatic rings. The maximum atomic E-state index is 6.45. The number of rotatable bonds is 9. The van der Waals surface area contributed by atoms with Crippen molar-refractivity contribution in [2.24, 2.45) is 0 Å². The Kier molecular flexibility index (Phi) is 7.41. The fourth-order valence-electron chi connectivity index (χ4n) is 2.68. The number of methoxy groups -OCH3 is 1.